The first kappa shape index (κ1) is 16.0. The summed E-state index contributed by atoms with van der Waals surface area (Å²) in [6, 6.07) is 1.98. The van der Waals surface area contributed by atoms with E-state index in [1.165, 1.54) is 0 Å². The van der Waals surface area contributed by atoms with Gasteiger partial charge in [-0.3, -0.25) is 0 Å². The van der Waals surface area contributed by atoms with E-state index in [1.54, 1.807) is 0 Å². The molecule has 0 amide bonds. The molecule has 0 spiro atoms. The number of hydrogen-bond donors (Lipinski definition) is 3. The van der Waals surface area contributed by atoms with Crippen LogP contribution in [0.25, 0.3) is 0 Å². The molecule has 5 N–H and O–H groups in total. The van der Waals surface area contributed by atoms with E-state index in [4.69, 9.17) is 11.5 Å². The molecule has 3 nitrogen and oxygen atoms in total. The molecule has 1 rings (SSSR count). The molecule has 0 aromatic heterocycles. The van der Waals surface area contributed by atoms with Crippen molar-refractivity contribution in [2.24, 2.45) is 11.5 Å². The highest BCUT2D eigenvalue weighted by molar-refractivity contribution is 5.85. The first-order chi connectivity index (χ1) is 7.36. The van der Waals surface area contributed by atoms with Crippen molar-refractivity contribution in [3.8, 4) is 5.75 Å². The average Bonchev–Trinajstić information content (AvgIpc) is 2.16. The van der Waals surface area contributed by atoms with Crippen LogP contribution in [0.4, 0.5) is 13.2 Å². The zero-order valence-electron chi connectivity index (χ0n) is 8.87. The van der Waals surface area contributed by atoms with E-state index in [1.807, 2.05) is 0 Å². The molecule has 0 aliphatic heterocycles. The van der Waals surface area contributed by atoms with Crippen molar-refractivity contribution in [3.05, 3.63) is 29.3 Å². The van der Waals surface area contributed by atoms with Crippen molar-refractivity contribution >= 4 is 12.4 Å². The molecule has 0 bridgehead atoms. The number of hydrogen-bond acceptors (Lipinski definition) is 3. The summed E-state index contributed by atoms with van der Waals surface area (Å²) in [5.41, 5.74) is 10.1. The minimum absolute atomic E-state index is 0. The molecule has 0 aliphatic carbocycles. The van der Waals surface area contributed by atoms with E-state index >= 15 is 0 Å². The fraction of sp³-hybridized carbons (Fsp3) is 0.400. The maximum absolute atomic E-state index is 12.4. The monoisotopic (exact) mass is 270 g/mol. The Morgan fingerprint density at radius 1 is 1.29 bits per heavy atom. The third-order valence-corrected chi connectivity index (χ3v) is 2.23. The van der Waals surface area contributed by atoms with Crippen LogP contribution >= 0.6 is 12.4 Å². The highest BCUT2D eigenvalue weighted by Gasteiger charge is 2.31. The fourth-order valence-electron chi connectivity index (χ4n) is 1.36. The van der Waals surface area contributed by atoms with Crippen LogP contribution in [-0.4, -0.2) is 11.7 Å². The summed E-state index contributed by atoms with van der Waals surface area (Å²) in [5.74, 6) is -0.242. The van der Waals surface area contributed by atoms with Gasteiger partial charge in [0.1, 0.15) is 5.75 Å². The molecular formula is C10H14ClF3N2O. The number of nitrogens with two attached hydrogens (primary N) is 2. The lowest BCUT2D eigenvalue weighted by Crippen LogP contribution is -2.16. The SMILES string of the molecule is Cl.NCC[C@H](N)c1cc(C(F)(F)F)ccc1O. The van der Waals surface area contributed by atoms with Crippen molar-refractivity contribution in [1.82, 2.24) is 0 Å². The molecule has 1 atom stereocenters. The maximum Gasteiger partial charge on any atom is 0.416 e. The van der Waals surface area contributed by atoms with Crippen LogP contribution in [-0.2, 0) is 6.18 Å². The third-order valence-electron chi connectivity index (χ3n) is 2.23. The van der Waals surface area contributed by atoms with Gasteiger partial charge in [0.2, 0.25) is 0 Å². The Morgan fingerprint density at radius 3 is 2.35 bits per heavy atom. The van der Waals surface area contributed by atoms with Crippen LogP contribution in [0.1, 0.15) is 23.6 Å². The van der Waals surface area contributed by atoms with Crippen molar-refractivity contribution in [3.63, 3.8) is 0 Å². The molecule has 0 radical (unpaired) electrons. The second kappa shape index (κ2) is 6.09. The lowest BCUT2D eigenvalue weighted by Gasteiger charge is -2.15. The van der Waals surface area contributed by atoms with E-state index < -0.39 is 17.8 Å². The Hall–Kier alpha value is -0.980. The summed E-state index contributed by atoms with van der Waals surface area (Å²) in [6.45, 7) is 0.247. The minimum Gasteiger partial charge on any atom is -0.508 e. The predicted molar refractivity (Wildman–Crippen MR) is 61.0 cm³/mol. The first-order valence-electron chi connectivity index (χ1n) is 4.72. The van der Waals surface area contributed by atoms with Crippen LogP contribution in [0.5, 0.6) is 5.75 Å². The summed E-state index contributed by atoms with van der Waals surface area (Å²) in [7, 11) is 0. The summed E-state index contributed by atoms with van der Waals surface area (Å²) in [5, 5.41) is 9.41. The van der Waals surface area contributed by atoms with E-state index in [0.717, 1.165) is 18.2 Å². The van der Waals surface area contributed by atoms with Crippen LogP contribution in [0.2, 0.25) is 0 Å². The Bertz CT molecular complexity index is 371. The van der Waals surface area contributed by atoms with Gasteiger partial charge < -0.3 is 16.6 Å². The van der Waals surface area contributed by atoms with E-state index in [0.29, 0.717) is 6.42 Å². The molecule has 0 saturated heterocycles. The second-order valence-electron chi connectivity index (χ2n) is 3.46. The zero-order valence-corrected chi connectivity index (χ0v) is 9.68. The molecule has 98 valence electrons. The number of alkyl halides is 3. The van der Waals surface area contributed by atoms with Crippen LogP contribution < -0.4 is 11.5 Å². The smallest absolute Gasteiger partial charge is 0.416 e. The molecule has 0 aliphatic rings. The van der Waals surface area contributed by atoms with Crippen molar-refractivity contribution in [2.75, 3.05) is 6.54 Å². The van der Waals surface area contributed by atoms with Crippen LogP contribution in [0.15, 0.2) is 18.2 Å². The summed E-state index contributed by atoms with van der Waals surface area (Å²) in [4.78, 5) is 0. The van der Waals surface area contributed by atoms with Gasteiger partial charge in [0.25, 0.3) is 0 Å². The van der Waals surface area contributed by atoms with Gasteiger partial charge in [0, 0.05) is 11.6 Å². The lowest BCUT2D eigenvalue weighted by atomic mass is 10.0. The minimum atomic E-state index is -4.44. The molecule has 1 aromatic carbocycles. The van der Waals surface area contributed by atoms with Gasteiger partial charge >= 0.3 is 6.18 Å². The maximum atomic E-state index is 12.4. The third kappa shape index (κ3) is 4.07. The van der Waals surface area contributed by atoms with Gasteiger partial charge in [0.15, 0.2) is 0 Å². The Balaban J connectivity index is 0.00000256. The average molecular weight is 271 g/mol. The van der Waals surface area contributed by atoms with Gasteiger partial charge in [-0.05, 0) is 31.2 Å². The number of halogens is 4. The molecule has 0 saturated carbocycles. The summed E-state index contributed by atoms with van der Waals surface area (Å²) < 4.78 is 37.2. The number of benzene rings is 1. The lowest BCUT2D eigenvalue weighted by molar-refractivity contribution is -0.137. The van der Waals surface area contributed by atoms with Gasteiger partial charge in [-0.25, -0.2) is 0 Å². The van der Waals surface area contributed by atoms with E-state index in [2.05, 4.69) is 0 Å². The summed E-state index contributed by atoms with van der Waals surface area (Å²) in [6.07, 6.45) is -4.13. The van der Waals surface area contributed by atoms with Crippen molar-refractivity contribution < 1.29 is 18.3 Å². The fourth-order valence-corrected chi connectivity index (χ4v) is 1.36. The standard InChI is InChI=1S/C10H13F3N2O.ClH/c11-10(12,13)6-1-2-9(16)7(5-6)8(15)3-4-14;/h1-2,5,8,16H,3-4,14-15H2;1H/t8-;/m0./s1. The second-order valence-corrected chi connectivity index (χ2v) is 3.46. The van der Waals surface area contributed by atoms with Crippen molar-refractivity contribution in [1.29, 1.82) is 0 Å². The molecule has 0 fully saturated rings. The molecule has 7 heteroatoms. The van der Waals surface area contributed by atoms with E-state index in [-0.39, 0.29) is 30.3 Å². The topological polar surface area (TPSA) is 72.3 Å². The normalized spacial score (nSPS) is 13.0. The van der Waals surface area contributed by atoms with Crippen LogP contribution in [0, 0.1) is 0 Å². The number of phenolic OH excluding ortho intramolecular Hbond substituents is 1. The largest absolute Gasteiger partial charge is 0.508 e. The first-order valence-corrected chi connectivity index (χ1v) is 4.72. The van der Waals surface area contributed by atoms with Crippen molar-refractivity contribution in [2.45, 2.75) is 18.6 Å². The van der Waals surface area contributed by atoms with Gasteiger partial charge in [-0.15, -0.1) is 12.4 Å². The number of phenols is 1. The molecule has 0 unspecified atom stereocenters. The molecule has 17 heavy (non-hydrogen) atoms. The zero-order chi connectivity index (χ0) is 12.3. The van der Waals surface area contributed by atoms with Crippen LogP contribution in [0.3, 0.4) is 0 Å². The number of rotatable bonds is 3. The highest BCUT2D eigenvalue weighted by atomic mass is 35.5. The number of aromatic hydroxyl groups is 1. The quantitative estimate of drug-likeness (QED) is 0.788. The Morgan fingerprint density at radius 2 is 1.88 bits per heavy atom. The molecular weight excluding hydrogens is 257 g/mol. The Labute approximate surface area is 103 Å². The summed E-state index contributed by atoms with van der Waals surface area (Å²) >= 11 is 0. The van der Waals surface area contributed by atoms with Gasteiger partial charge in [-0.1, -0.05) is 0 Å². The molecule has 1 aromatic rings. The Kier molecular flexibility index (Phi) is 5.74. The predicted octanol–water partition coefficient (Wildman–Crippen LogP) is 2.18. The van der Waals surface area contributed by atoms with Gasteiger partial charge in [-0.2, -0.15) is 13.2 Å². The highest BCUT2D eigenvalue weighted by Crippen LogP contribution is 2.34. The van der Waals surface area contributed by atoms with Gasteiger partial charge in [0.05, 0.1) is 5.56 Å². The molecule has 0 heterocycles. The van der Waals surface area contributed by atoms with E-state index in [9.17, 15) is 18.3 Å².